The van der Waals surface area contributed by atoms with Gasteiger partial charge in [-0.3, -0.25) is 43.7 Å². The SMILES string of the molecule is CC[C@H](C)[C@H](NC(=O)[C@H](CCC(=O)O)NC(=O)[C@H](Cc1ccccc1)NC(=O)[C@@H](C)N[C@]1(C(=O)O)CCc2cc(O)ccc2C1)C(=O)N[C@H](C(=O)NCC(N)=O)[C@@H](C)CC. The van der Waals surface area contributed by atoms with Gasteiger partial charge in [-0.25, -0.2) is 0 Å². The summed E-state index contributed by atoms with van der Waals surface area (Å²) in [5.74, 6) is -7.92. The summed E-state index contributed by atoms with van der Waals surface area (Å²) in [5, 5.41) is 45.7. The van der Waals surface area contributed by atoms with Crippen molar-refractivity contribution in [1.29, 1.82) is 0 Å². The molecule has 1 aliphatic rings. The van der Waals surface area contributed by atoms with Crippen molar-refractivity contribution in [2.75, 3.05) is 6.54 Å². The molecule has 0 unspecified atom stereocenters. The van der Waals surface area contributed by atoms with E-state index in [-0.39, 0.29) is 25.0 Å². The Balaban J connectivity index is 1.86. The third kappa shape index (κ3) is 13.8. The highest BCUT2D eigenvalue weighted by Crippen LogP contribution is 2.32. The number of nitrogens with two attached hydrogens (primary N) is 1. The van der Waals surface area contributed by atoms with Crippen LogP contribution in [-0.2, 0) is 57.6 Å². The Morgan fingerprint density at radius 3 is 1.90 bits per heavy atom. The lowest BCUT2D eigenvalue weighted by Crippen LogP contribution is -2.63. The van der Waals surface area contributed by atoms with Crippen LogP contribution in [0, 0.1) is 11.8 Å². The molecule has 2 aromatic carbocycles. The predicted octanol–water partition coefficient (Wildman–Crippen LogP) is 0.423. The number of rotatable bonds is 23. The Kier molecular flexibility index (Phi) is 18.0. The van der Waals surface area contributed by atoms with Gasteiger partial charge in [-0.05, 0) is 66.8 Å². The summed E-state index contributed by atoms with van der Waals surface area (Å²) in [7, 11) is 0. The highest BCUT2D eigenvalue weighted by atomic mass is 16.4. The number of benzene rings is 2. The van der Waals surface area contributed by atoms with E-state index >= 15 is 0 Å². The van der Waals surface area contributed by atoms with E-state index in [2.05, 4.69) is 31.9 Å². The summed E-state index contributed by atoms with van der Waals surface area (Å²) in [6.07, 6.45) is 0.314. The van der Waals surface area contributed by atoms with E-state index in [0.29, 0.717) is 30.4 Å². The van der Waals surface area contributed by atoms with Gasteiger partial charge in [-0.15, -0.1) is 0 Å². The smallest absolute Gasteiger partial charge is 0.324 e. The van der Waals surface area contributed by atoms with Crippen LogP contribution in [0.25, 0.3) is 0 Å². The summed E-state index contributed by atoms with van der Waals surface area (Å²) < 4.78 is 0. The van der Waals surface area contributed by atoms with Gasteiger partial charge in [0.2, 0.25) is 35.4 Å². The molecular formula is C42H59N7O11. The number of phenolic OH excluding ortho intramolecular Hbond substituents is 1. The fourth-order valence-electron chi connectivity index (χ4n) is 6.98. The molecule has 0 bridgehead atoms. The second kappa shape index (κ2) is 22.4. The Morgan fingerprint density at radius 1 is 0.733 bits per heavy atom. The first-order chi connectivity index (χ1) is 28.3. The number of hydrogen-bond donors (Lipinski definition) is 10. The van der Waals surface area contributed by atoms with E-state index in [9.17, 15) is 53.7 Å². The number of amides is 6. The number of phenols is 1. The van der Waals surface area contributed by atoms with Crippen LogP contribution in [0.15, 0.2) is 48.5 Å². The first kappa shape index (κ1) is 48.3. The number of carboxylic acid groups (broad SMARTS) is 2. The minimum absolute atomic E-state index is 0.0281. The maximum absolute atomic E-state index is 14.1. The summed E-state index contributed by atoms with van der Waals surface area (Å²) in [4.78, 5) is 104. The molecule has 1 aliphatic carbocycles. The molecule has 0 aliphatic heterocycles. The van der Waals surface area contributed by atoms with Crippen LogP contribution in [-0.4, -0.2) is 105 Å². The molecule has 11 N–H and O–H groups in total. The van der Waals surface area contributed by atoms with Crippen molar-refractivity contribution in [1.82, 2.24) is 31.9 Å². The molecule has 0 saturated heterocycles. The lowest BCUT2D eigenvalue weighted by molar-refractivity contribution is -0.146. The maximum Gasteiger partial charge on any atom is 0.324 e. The van der Waals surface area contributed by atoms with Crippen molar-refractivity contribution >= 4 is 47.4 Å². The average Bonchev–Trinajstić information content (AvgIpc) is 3.21. The summed E-state index contributed by atoms with van der Waals surface area (Å²) >= 11 is 0. The van der Waals surface area contributed by atoms with E-state index < -0.39 is 114 Å². The first-order valence-corrected chi connectivity index (χ1v) is 20.2. The van der Waals surface area contributed by atoms with Crippen LogP contribution in [0.2, 0.25) is 0 Å². The molecule has 6 amide bonds. The second-order valence-corrected chi connectivity index (χ2v) is 15.6. The van der Waals surface area contributed by atoms with E-state index in [1.807, 2.05) is 0 Å². The molecule has 0 saturated carbocycles. The van der Waals surface area contributed by atoms with Crippen LogP contribution >= 0.6 is 0 Å². The minimum atomic E-state index is -1.54. The number of aliphatic carboxylic acids is 2. The molecule has 60 heavy (non-hydrogen) atoms. The quantitative estimate of drug-likeness (QED) is 0.0729. The van der Waals surface area contributed by atoms with Gasteiger partial charge in [-0.2, -0.15) is 0 Å². The van der Waals surface area contributed by atoms with Crippen molar-refractivity contribution in [2.45, 2.75) is 122 Å². The molecule has 0 radical (unpaired) electrons. The minimum Gasteiger partial charge on any atom is -0.508 e. The monoisotopic (exact) mass is 837 g/mol. The highest BCUT2D eigenvalue weighted by molar-refractivity contribution is 5.97. The fraction of sp³-hybridized carbons (Fsp3) is 0.524. The molecule has 18 heteroatoms. The third-order valence-corrected chi connectivity index (χ3v) is 11.0. The van der Waals surface area contributed by atoms with Gasteiger partial charge in [0.05, 0.1) is 12.6 Å². The maximum atomic E-state index is 14.1. The van der Waals surface area contributed by atoms with Crippen LogP contribution in [0.3, 0.4) is 0 Å². The molecule has 0 aromatic heterocycles. The molecule has 3 rings (SSSR count). The molecule has 8 atom stereocenters. The number of nitrogens with one attached hydrogen (secondary N) is 6. The summed E-state index contributed by atoms with van der Waals surface area (Å²) in [6.45, 7) is 7.99. The molecule has 2 aromatic rings. The Hall–Kier alpha value is -6.04. The zero-order valence-electron chi connectivity index (χ0n) is 34.7. The Bertz CT molecular complexity index is 1880. The molecular weight excluding hydrogens is 778 g/mol. The number of carboxylic acids is 2. The number of aryl methyl sites for hydroxylation is 1. The van der Waals surface area contributed by atoms with Crippen molar-refractivity contribution in [3.8, 4) is 5.75 Å². The third-order valence-electron chi connectivity index (χ3n) is 11.0. The van der Waals surface area contributed by atoms with E-state index in [1.54, 1.807) is 70.2 Å². The van der Waals surface area contributed by atoms with Crippen molar-refractivity contribution in [3.05, 3.63) is 65.2 Å². The fourth-order valence-corrected chi connectivity index (χ4v) is 6.98. The number of carbonyl (C=O) groups excluding carboxylic acids is 6. The Labute approximate surface area is 349 Å². The van der Waals surface area contributed by atoms with Gasteiger partial charge in [0, 0.05) is 19.3 Å². The van der Waals surface area contributed by atoms with E-state index in [4.69, 9.17) is 5.73 Å². The summed E-state index contributed by atoms with van der Waals surface area (Å²) in [6, 6.07) is 7.02. The van der Waals surface area contributed by atoms with Gasteiger partial charge >= 0.3 is 11.9 Å². The number of hydrogen-bond acceptors (Lipinski definition) is 10. The summed E-state index contributed by atoms with van der Waals surface area (Å²) in [5.41, 5.74) is 5.75. The zero-order chi connectivity index (χ0) is 44.7. The van der Waals surface area contributed by atoms with Crippen LogP contribution in [0.5, 0.6) is 5.75 Å². The molecule has 328 valence electrons. The van der Waals surface area contributed by atoms with Gasteiger partial charge in [0.15, 0.2) is 0 Å². The van der Waals surface area contributed by atoms with Crippen LogP contribution in [0.4, 0.5) is 0 Å². The van der Waals surface area contributed by atoms with E-state index in [1.165, 1.54) is 13.0 Å². The zero-order valence-corrected chi connectivity index (χ0v) is 34.7. The lowest BCUT2D eigenvalue weighted by atomic mass is 9.77. The van der Waals surface area contributed by atoms with Crippen molar-refractivity contribution < 1.29 is 53.7 Å². The normalized spacial score (nSPS) is 18.1. The molecule has 18 nitrogen and oxygen atoms in total. The predicted molar refractivity (Wildman–Crippen MR) is 219 cm³/mol. The van der Waals surface area contributed by atoms with Crippen molar-refractivity contribution in [2.24, 2.45) is 17.6 Å². The van der Waals surface area contributed by atoms with Crippen LogP contribution < -0.4 is 37.6 Å². The molecule has 0 fully saturated rings. The van der Waals surface area contributed by atoms with Crippen LogP contribution in [0.1, 0.15) is 83.4 Å². The Morgan fingerprint density at radius 2 is 1.32 bits per heavy atom. The lowest BCUT2D eigenvalue weighted by Gasteiger charge is -2.37. The second-order valence-electron chi connectivity index (χ2n) is 15.6. The topological polar surface area (TPSA) is 295 Å². The average molecular weight is 838 g/mol. The number of aromatic hydroxyl groups is 1. The largest absolute Gasteiger partial charge is 0.508 e. The van der Waals surface area contributed by atoms with Crippen molar-refractivity contribution in [3.63, 3.8) is 0 Å². The van der Waals surface area contributed by atoms with Gasteiger partial charge in [-0.1, -0.05) is 76.9 Å². The first-order valence-electron chi connectivity index (χ1n) is 20.2. The van der Waals surface area contributed by atoms with Gasteiger partial charge < -0.3 is 47.6 Å². The number of primary amides is 1. The molecule has 0 spiro atoms. The highest BCUT2D eigenvalue weighted by Gasteiger charge is 2.44. The number of fused-ring (bicyclic) bond motifs is 1. The van der Waals surface area contributed by atoms with E-state index in [0.717, 1.165) is 5.56 Å². The number of carbonyl (C=O) groups is 8. The van der Waals surface area contributed by atoms with Gasteiger partial charge in [0.25, 0.3) is 0 Å². The molecule has 0 heterocycles. The standard InChI is InChI=1S/C42H59N7O11/c1-6-23(3)34(39(57)44-22-32(43)51)48-40(58)35(24(4)7-2)47-37(55)30(15-16-33(52)53)45-38(56)31(19-26-11-9-8-10-12-26)46-36(54)25(5)49-42(41(59)60)18-17-27-20-29(50)14-13-28(27)21-42/h8-14,20,23-25,30-31,34-35,49-50H,6-7,15-19,21-22H2,1-5H3,(H2,43,51)(H,44,57)(H,45,56)(H,46,54)(H,47,55)(H,48,58)(H,52,53)(H,59,60)/t23-,24-,25+,30-,31-,34-,35-,42+/m0/s1. The van der Waals surface area contributed by atoms with Gasteiger partial charge in [0.1, 0.15) is 35.5 Å².